The molecule has 0 atom stereocenters. The maximum absolute atomic E-state index is 12.4. The Morgan fingerprint density at radius 1 is 0.963 bits per heavy atom. The van der Waals surface area contributed by atoms with Crippen LogP contribution in [0.2, 0.25) is 0 Å². The van der Waals surface area contributed by atoms with E-state index in [1.807, 2.05) is 13.0 Å². The second kappa shape index (κ2) is 8.10. The van der Waals surface area contributed by atoms with Gasteiger partial charge in [0.25, 0.3) is 10.0 Å². The molecule has 0 unspecified atom stereocenters. The molecule has 1 fully saturated rings. The lowest BCUT2D eigenvalue weighted by Gasteiger charge is -2.34. The average Bonchev–Trinajstić information content (AvgIpc) is 2.62. The minimum Gasteiger partial charge on any atom is -0.321 e. The first-order valence-corrected chi connectivity index (χ1v) is 10.5. The second-order valence-corrected chi connectivity index (χ2v) is 8.66. The number of amides is 2. The molecule has 1 heterocycles. The zero-order chi connectivity index (χ0) is 19.4. The molecule has 1 N–H and O–H groups in total. The Balaban J connectivity index is 1.54. The van der Waals surface area contributed by atoms with E-state index in [-0.39, 0.29) is 4.90 Å². The van der Waals surface area contributed by atoms with Crippen LogP contribution in [0.5, 0.6) is 0 Å². The third kappa shape index (κ3) is 5.08. The molecule has 0 bridgehead atoms. The van der Waals surface area contributed by atoms with Gasteiger partial charge in [0.2, 0.25) is 0 Å². The third-order valence-electron chi connectivity index (χ3n) is 4.70. The maximum Gasteiger partial charge on any atom is 0.331 e. The fourth-order valence-corrected chi connectivity index (χ4v) is 4.10. The van der Waals surface area contributed by atoms with Crippen LogP contribution in [0.15, 0.2) is 53.4 Å². The van der Waals surface area contributed by atoms with E-state index in [4.69, 9.17) is 0 Å². The van der Waals surface area contributed by atoms with Gasteiger partial charge >= 0.3 is 6.03 Å². The summed E-state index contributed by atoms with van der Waals surface area (Å²) in [5.74, 6) is 0. The molecule has 0 aromatic heterocycles. The van der Waals surface area contributed by atoms with Crippen molar-refractivity contribution in [2.75, 3.05) is 26.2 Å². The molecule has 1 aliphatic heterocycles. The van der Waals surface area contributed by atoms with Gasteiger partial charge in [-0.1, -0.05) is 47.5 Å². The number of piperazine rings is 1. The van der Waals surface area contributed by atoms with Crippen molar-refractivity contribution in [3.05, 3.63) is 65.2 Å². The average molecular weight is 388 g/mol. The summed E-state index contributed by atoms with van der Waals surface area (Å²) in [6.45, 7) is 7.21. The van der Waals surface area contributed by atoms with Crippen LogP contribution in [0.25, 0.3) is 0 Å². The lowest BCUT2D eigenvalue weighted by molar-refractivity contribution is 0.138. The first-order chi connectivity index (χ1) is 12.8. The molecule has 2 aromatic carbocycles. The van der Waals surface area contributed by atoms with Crippen LogP contribution in [0.3, 0.4) is 0 Å². The van der Waals surface area contributed by atoms with Gasteiger partial charge in [0.1, 0.15) is 0 Å². The quantitative estimate of drug-likeness (QED) is 0.875. The van der Waals surface area contributed by atoms with Gasteiger partial charge in [-0.2, -0.15) is 0 Å². The van der Waals surface area contributed by atoms with Crippen LogP contribution < -0.4 is 4.72 Å². The van der Waals surface area contributed by atoms with Crippen molar-refractivity contribution < 1.29 is 13.2 Å². The molecule has 3 rings (SSSR count). The van der Waals surface area contributed by atoms with Gasteiger partial charge in [-0.25, -0.2) is 17.9 Å². The molecule has 6 nitrogen and oxygen atoms in total. The van der Waals surface area contributed by atoms with Crippen LogP contribution >= 0.6 is 0 Å². The monoisotopic (exact) mass is 387 g/mol. The number of benzene rings is 2. The summed E-state index contributed by atoms with van der Waals surface area (Å²) in [4.78, 5) is 16.3. The Hall–Kier alpha value is -2.38. The third-order valence-corrected chi connectivity index (χ3v) is 6.04. The van der Waals surface area contributed by atoms with E-state index in [9.17, 15) is 13.2 Å². The molecule has 27 heavy (non-hydrogen) atoms. The minimum atomic E-state index is -3.85. The molecule has 1 saturated heterocycles. The van der Waals surface area contributed by atoms with Crippen molar-refractivity contribution >= 4 is 16.1 Å². The van der Waals surface area contributed by atoms with Crippen molar-refractivity contribution in [2.45, 2.75) is 25.3 Å². The number of aryl methyl sites for hydroxylation is 2. The predicted octanol–water partition coefficient (Wildman–Crippen LogP) is 2.52. The van der Waals surface area contributed by atoms with Crippen LogP contribution in [0.4, 0.5) is 4.79 Å². The summed E-state index contributed by atoms with van der Waals surface area (Å²) in [6.07, 6.45) is 0. The van der Waals surface area contributed by atoms with Crippen LogP contribution in [0, 0.1) is 13.8 Å². The van der Waals surface area contributed by atoms with E-state index in [1.165, 1.54) is 23.3 Å². The Bertz CT molecular complexity index is 902. The van der Waals surface area contributed by atoms with E-state index >= 15 is 0 Å². The number of hydrogen-bond donors (Lipinski definition) is 1. The fourth-order valence-electron chi connectivity index (χ4n) is 3.13. The Kier molecular flexibility index (Phi) is 5.82. The number of sulfonamides is 1. The topological polar surface area (TPSA) is 69.7 Å². The van der Waals surface area contributed by atoms with Gasteiger partial charge in [-0.3, -0.25) is 4.90 Å². The number of nitrogens with zero attached hydrogens (tertiary/aromatic N) is 2. The molecule has 7 heteroatoms. The lowest BCUT2D eigenvalue weighted by Crippen LogP contribution is -2.52. The highest BCUT2D eigenvalue weighted by Crippen LogP contribution is 2.13. The zero-order valence-electron chi connectivity index (χ0n) is 15.7. The van der Waals surface area contributed by atoms with Gasteiger partial charge in [0.05, 0.1) is 4.90 Å². The highest BCUT2D eigenvalue weighted by molar-refractivity contribution is 7.90. The van der Waals surface area contributed by atoms with Gasteiger partial charge in [0, 0.05) is 32.7 Å². The maximum atomic E-state index is 12.4. The number of urea groups is 1. The number of hydrogen-bond acceptors (Lipinski definition) is 4. The number of nitrogens with one attached hydrogen (secondary N) is 1. The van der Waals surface area contributed by atoms with E-state index < -0.39 is 16.1 Å². The van der Waals surface area contributed by atoms with Crippen molar-refractivity contribution in [1.82, 2.24) is 14.5 Å². The van der Waals surface area contributed by atoms with E-state index in [1.54, 1.807) is 17.0 Å². The Labute approximate surface area is 160 Å². The molecule has 0 saturated carbocycles. The summed E-state index contributed by atoms with van der Waals surface area (Å²) < 4.78 is 26.9. The molecule has 0 aliphatic carbocycles. The van der Waals surface area contributed by atoms with Crippen molar-refractivity contribution in [3.8, 4) is 0 Å². The molecule has 1 aliphatic rings. The summed E-state index contributed by atoms with van der Waals surface area (Å²) in [7, 11) is -3.85. The van der Waals surface area contributed by atoms with Crippen molar-refractivity contribution in [3.63, 3.8) is 0 Å². The standard InChI is InChI=1S/C20H25N3O3S/c1-16-6-8-19(9-7-16)27(25,26)21-20(24)23-12-10-22(11-13-23)15-18-5-3-4-17(2)14-18/h3-9,14H,10-13,15H2,1-2H3,(H,21,24). The van der Waals surface area contributed by atoms with Gasteiger partial charge < -0.3 is 4.90 Å². The number of carbonyl (C=O) groups excluding carboxylic acids is 1. The summed E-state index contributed by atoms with van der Waals surface area (Å²) >= 11 is 0. The smallest absolute Gasteiger partial charge is 0.321 e. The van der Waals surface area contributed by atoms with Crippen molar-refractivity contribution in [2.24, 2.45) is 0 Å². The van der Waals surface area contributed by atoms with E-state index in [2.05, 4.69) is 34.7 Å². The zero-order valence-corrected chi connectivity index (χ0v) is 16.5. The van der Waals surface area contributed by atoms with Crippen LogP contribution in [-0.4, -0.2) is 50.4 Å². The molecule has 144 valence electrons. The largest absolute Gasteiger partial charge is 0.331 e. The van der Waals surface area contributed by atoms with Crippen LogP contribution in [0.1, 0.15) is 16.7 Å². The van der Waals surface area contributed by atoms with Gasteiger partial charge in [0.15, 0.2) is 0 Å². The first kappa shape index (κ1) is 19.4. The number of carbonyl (C=O) groups is 1. The normalized spacial score (nSPS) is 15.6. The van der Waals surface area contributed by atoms with E-state index in [0.717, 1.165) is 12.1 Å². The van der Waals surface area contributed by atoms with Gasteiger partial charge in [-0.05, 0) is 31.5 Å². The molecule has 0 radical (unpaired) electrons. The van der Waals surface area contributed by atoms with Gasteiger partial charge in [-0.15, -0.1) is 0 Å². The van der Waals surface area contributed by atoms with Crippen LogP contribution in [-0.2, 0) is 16.6 Å². The predicted molar refractivity (Wildman–Crippen MR) is 105 cm³/mol. The minimum absolute atomic E-state index is 0.0968. The summed E-state index contributed by atoms with van der Waals surface area (Å²) in [6, 6.07) is 14.2. The second-order valence-electron chi connectivity index (χ2n) is 6.98. The summed E-state index contributed by atoms with van der Waals surface area (Å²) in [5.41, 5.74) is 3.44. The fraction of sp³-hybridized carbons (Fsp3) is 0.350. The Morgan fingerprint density at radius 2 is 1.63 bits per heavy atom. The first-order valence-electron chi connectivity index (χ1n) is 9.00. The molecule has 2 aromatic rings. The number of rotatable bonds is 4. The summed E-state index contributed by atoms with van der Waals surface area (Å²) in [5, 5.41) is 0. The highest BCUT2D eigenvalue weighted by atomic mass is 32.2. The molecule has 0 spiro atoms. The van der Waals surface area contributed by atoms with E-state index in [0.29, 0.717) is 26.2 Å². The highest BCUT2D eigenvalue weighted by Gasteiger charge is 2.25. The molecule has 2 amide bonds. The Morgan fingerprint density at radius 3 is 2.26 bits per heavy atom. The lowest BCUT2D eigenvalue weighted by atomic mass is 10.1. The SMILES string of the molecule is Cc1ccc(S(=O)(=O)NC(=O)N2CCN(Cc3cccc(C)c3)CC2)cc1. The molecular weight excluding hydrogens is 362 g/mol. The van der Waals surface area contributed by atoms with Crippen molar-refractivity contribution in [1.29, 1.82) is 0 Å². The molecular formula is C20H25N3O3S.